The average Bonchev–Trinajstić information content (AvgIpc) is 2.42. The number of rotatable bonds is 9. The van der Waals surface area contributed by atoms with Crippen molar-refractivity contribution >= 4 is 0 Å². The van der Waals surface area contributed by atoms with E-state index in [-0.39, 0.29) is 12.1 Å². The van der Waals surface area contributed by atoms with Gasteiger partial charge in [-0.2, -0.15) is 0 Å². The molecule has 1 rings (SSSR count). The first-order valence-electron chi connectivity index (χ1n) is 7.20. The van der Waals surface area contributed by atoms with Gasteiger partial charge in [-0.15, -0.1) is 0 Å². The molecule has 108 valence electrons. The number of unbranched alkanes of at least 4 members (excludes halogenated alkanes) is 3. The maximum atomic E-state index is 6.05. The highest BCUT2D eigenvalue weighted by Gasteiger charge is 2.20. The highest BCUT2D eigenvalue weighted by atomic mass is 16.5. The molecule has 0 amide bonds. The van der Waals surface area contributed by atoms with Gasteiger partial charge in [0.2, 0.25) is 0 Å². The summed E-state index contributed by atoms with van der Waals surface area (Å²) < 4.78 is 11.4. The second-order valence-corrected chi connectivity index (χ2v) is 4.95. The van der Waals surface area contributed by atoms with Crippen LogP contribution in [0.3, 0.4) is 0 Å². The first kappa shape index (κ1) is 16.0. The van der Waals surface area contributed by atoms with E-state index in [4.69, 9.17) is 15.2 Å². The van der Waals surface area contributed by atoms with Crippen LogP contribution in [0.2, 0.25) is 0 Å². The van der Waals surface area contributed by atoms with Gasteiger partial charge in [-0.25, -0.2) is 0 Å². The van der Waals surface area contributed by atoms with Crippen molar-refractivity contribution in [3.63, 3.8) is 0 Å². The van der Waals surface area contributed by atoms with E-state index in [1.54, 1.807) is 7.11 Å². The standard InChI is InChI=1S/C16H27NO2/c1-4-5-6-9-12-19-16(13(2)17)14-10-7-8-11-15(14)18-3/h7-8,10-11,13,16H,4-6,9,12,17H2,1-3H3. The lowest BCUT2D eigenvalue weighted by atomic mass is 10.0. The van der Waals surface area contributed by atoms with Crippen LogP contribution in [-0.2, 0) is 4.74 Å². The largest absolute Gasteiger partial charge is 0.496 e. The molecule has 2 unspecified atom stereocenters. The molecule has 3 heteroatoms. The molecule has 0 bridgehead atoms. The van der Waals surface area contributed by atoms with E-state index in [1.807, 2.05) is 31.2 Å². The van der Waals surface area contributed by atoms with Crippen LogP contribution in [0.4, 0.5) is 0 Å². The Balaban J connectivity index is 2.61. The summed E-state index contributed by atoms with van der Waals surface area (Å²) >= 11 is 0. The number of para-hydroxylation sites is 1. The minimum Gasteiger partial charge on any atom is -0.496 e. The third kappa shape index (κ3) is 5.21. The first-order chi connectivity index (χ1) is 9.20. The Labute approximate surface area is 117 Å². The van der Waals surface area contributed by atoms with E-state index in [1.165, 1.54) is 19.3 Å². The monoisotopic (exact) mass is 265 g/mol. The molecule has 2 N–H and O–H groups in total. The van der Waals surface area contributed by atoms with Crippen LogP contribution in [-0.4, -0.2) is 19.8 Å². The van der Waals surface area contributed by atoms with Crippen molar-refractivity contribution < 1.29 is 9.47 Å². The van der Waals surface area contributed by atoms with Crippen LogP contribution in [0, 0.1) is 0 Å². The predicted octanol–water partition coefficient (Wildman–Crippen LogP) is 3.68. The van der Waals surface area contributed by atoms with Crippen LogP contribution in [0.25, 0.3) is 0 Å². The summed E-state index contributed by atoms with van der Waals surface area (Å²) in [5.41, 5.74) is 7.09. The Morgan fingerprint density at radius 2 is 1.89 bits per heavy atom. The molecule has 0 aliphatic rings. The Morgan fingerprint density at radius 1 is 1.16 bits per heavy atom. The fourth-order valence-electron chi connectivity index (χ4n) is 2.17. The molecule has 0 saturated heterocycles. The number of benzene rings is 1. The molecule has 1 aromatic rings. The zero-order chi connectivity index (χ0) is 14.1. The maximum Gasteiger partial charge on any atom is 0.124 e. The Bertz CT molecular complexity index is 352. The van der Waals surface area contributed by atoms with E-state index in [0.717, 1.165) is 24.3 Å². The number of methoxy groups -OCH3 is 1. The van der Waals surface area contributed by atoms with Gasteiger partial charge in [-0.3, -0.25) is 0 Å². The van der Waals surface area contributed by atoms with Crippen molar-refractivity contribution in [3.05, 3.63) is 29.8 Å². The van der Waals surface area contributed by atoms with Crippen molar-refractivity contribution in [2.24, 2.45) is 5.73 Å². The molecule has 0 saturated carbocycles. The lowest BCUT2D eigenvalue weighted by molar-refractivity contribution is 0.0343. The van der Waals surface area contributed by atoms with Gasteiger partial charge in [-0.1, -0.05) is 44.4 Å². The smallest absolute Gasteiger partial charge is 0.124 e. The molecule has 2 atom stereocenters. The van der Waals surface area contributed by atoms with Crippen molar-refractivity contribution in [2.45, 2.75) is 51.7 Å². The Kier molecular flexibility index (Phi) is 7.53. The van der Waals surface area contributed by atoms with Crippen molar-refractivity contribution in [1.82, 2.24) is 0 Å². The molecule has 0 spiro atoms. The van der Waals surface area contributed by atoms with Gasteiger partial charge in [0.1, 0.15) is 11.9 Å². The van der Waals surface area contributed by atoms with Gasteiger partial charge in [0.25, 0.3) is 0 Å². The van der Waals surface area contributed by atoms with E-state index in [2.05, 4.69) is 6.92 Å². The van der Waals surface area contributed by atoms with Gasteiger partial charge in [0.15, 0.2) is 0 Å². The molecule has 0 aliphatic heterocycles. The highest BCUT2D eigenvalue weighted by molar-refractivity contribution is 5.35. The summed E-state index contributed by atoms with van der Waals surface area (Å²) in [5, 5.41) is 0. The SMILES string of the molecule is CCCCCCOC(c1ccccc1OC)C(C)N. The first-order valence-corrected chi connectivity index (χ1v) is 7.20. The second-order valence-electron chi connectivity index (χ2n) is 4.95. The Hall–Kier alpha value is -1.06. The molecule has 1 aromatic carbocycles. The summed E-state index contributed by atoms with van der Waals surface area (Å²) in [7, 11) is 1.68. The lowest BCUT2D eigenvalue weighted by Gasteiger charge is -2.23. The quantitative estimate of drug-likeness (QED) is 0.693. The fourth-order valence-corrected chi connectivity index (χ4v) is 2.17. The highest BCUT2D eigenvalue weighted by Crippen LogP contribution is 2.29. The van der Waals surface area contributed by atoms with Crippen LogP contribution in [0.1, 0.15) is 51.2 Å². The number of ether oxygens (including phenoxy) is 2. The predicted molar refractivity (Wildman–Crippen MR) is 79.5 cm³/mol. The van der Waals surface area contributed by atoms with E-state index >= 15 is 0 Å². The minimum atomic E-state index is -0.0993. The van der Waals surface area contributed by atoms with E-state index < -0.39 is 0 Å². The fraction of sp³-hybridized carbons (Fsp3) is 0.625. The number of hydrogen-bond acceptors (Lipinski definition) is 3. The summed E-state index contributed by atoms with van der Waals surface area (Å²) in [6.45, 7) is 4.94. The molecule has 0 heterocycles. The van der Waals surface area contributed by atoms with Crippen LogP contribution < -0.4 is 10.5 Å². The van der Waals surface area contributed by atoms with E-state index in [0.29, 0.717) is 0 Å². The molecular weight excluding hydrogens is 238 g/mol. The van der Waals surface area contributed by atoms with Crippen LogP contribution in [0.15, 0.2) is 24.3 Å². The summed E-state index contributed by atoms with van der Waals surface area (Å²) in [5.74, 6) is 0.846. The lowest BCUT2D eigenvalue weighted by Crippen LogP contribution is -2.27. The molecule has 0 aliphatic carbocycles. The zero-order valence-electron chi connectivity index (χ0n) is 12.4. The molecule has 0 radical (unpaired) electrons. The molecule has 0 fully saturated rings. The molecular formula is C16H27NO2. The van der Waals surface area contributed by atoms with Gasteiger partial charge in [-0.05, 0) is 19.4 Å². The maximum absolute atomic E-state index is 6.05. The van der Waals surface area contributed by atoms with Crippen molar-refractivity contribution in [3.8, 4) is 5.75 Å². The van der Waals surface area contributed by atoms with Gasteiger partial charge in [0.05, 0.1) is 7.11 Å². The van der Waals surface area contributed by atoms with Gasteiger partial charge >= 0.3 is 0 Å². The average molecular weight is 265 g/mol. The van der Waals surface area contributed by atoms with Gasteiger partial charge < -0.3 is 15.2 Å². The number of hydrogen-bond donors (Lipinski definition) is 1. The van der Waals surface area contributed by atoms with Crippen molar-refractivity contribution in [2.75, 3.05) is 13.7 Å². The normalized spacial score (nSPS) is 14.1. The Morgan fingerprint density at radius 3 is 2.53 bits per heavy atom. The zero-order valence-corrected chi connectivity index (χ0v) is 12.4. The number of nitrogens with two attached hydrogens (primary N) is 1. The minimum absolute atomic E-state index is 0.0533. The van der Waals surface area contributed by atoms with Crippen molar-refractivity contribution in [1.29, 1.82) is 0 Å². The summed E-state index contributed by atoms with van der Waals surface area (Å²) in [6, 6.07) is 7.88. The summed E-state index contributed by atoms with van der Waals surface area (Å²) in [4.78, 5) is 0. The third-order valence-corrected chi connectivity index (χ3v) is 3.22. The third-order valence-electron chi connectivity index (χ3n) is 3.22. The van der Waals surface area contributed by atoms with Crippen LogP contribution in [0.5, 0.6) is 5.75 Å². The van der Waals surface area contributed by atoms with Crippen LogP contribution >= 0.6 is 0 Å². The second kappa shape index (κ2) is 8.94. The van der Waals surface area contributed by atoms with E-state index in [9.17, 15) is 0 Å². The van der Waals surface area contributed by atoms with Gasteiger partial charge in [0, 0.05) is 18.2 Å². The molecule has 0 aromatic heterocycles. The topological polar surface area (TPSA) is 44.5 Å². The molecule has 3 nitrogen and oxygen atoms in total. The molecule has 19 heavy (non-hydrogen) atoms. The summed E-state index contributed by atoms with van der Waals surface area (Å²) in [6.07, 6.45) is 4.71.